The largest absolute Gasteiger partial charge is 0.394 e. The Bertz CT molecular complexity index is 573. The molecular formula is C12H16N4O3. The highest BCUT2D eigenvalue weighted by molar-refractivity contribution is 5.49. The number of aliphatic hydroxyl groups is 1. The second-order valence-electron chi connectivity index (χ2n) is 4.21. The zero-order valence-corrected chi connectivity index (χ0v) is 10.4. The lowest BCUT2D eigenvalue weighted by molar-refractivity contribution is -0.0245. The zero-order chi connectivity index (χ0) is 13.8. The standard InChI is InChI=1S/C12H16N4O3/c13-5-1-2-8-6-16(12(18)15-11(8)14)10-4-3-9(7-17)19-10/h6,9-10,17H,3-5,7,13H2,(H2,14,15,18). The van der Waals surface area contributed by atoms with Gasteiger partial charge in [-0.1, -0.05) is 11.8 Å². The van der Waals surface area contributed by atoms with Crippen LogP contribution in [-0.2, 0) is 4.74 Å². The molecule has 0 saturated carbocycles. The third-order valence-corrected chi connectivity index (χ3v) is 2.91. The number of nitrogens with two attached hydrogens (primary N) is 2. The number of aromatic nitrogens is 2. The summed E-state index contributed by atoms with van der Waals surface area (Å²) in [6.07, 6.45) is 2.18. The molecular weight excluding hydrogens is 248 g/mol. The van der Waals surface area contributed by atoms with Gasteiger partial charge in [-0.05, 0) is 12.8 Å². The quantitative estimate of drug-likeness (QED) is 0.578. The van der Waals surface area contributed by atoms with Crippen molar-refractivity contribution >= 4 is 5.82 Å². The van der Waals surface area contributed by atoms with Crippen molar-refractivity contribution in [2.45, 2.75) is 25.2 Å². The molecule has 1 aromatic rings. The van der Waals surface area contributed by atoms with Crippen molar-refractivity contribution in [3.8, 4) is 11.8 Å². The van der Waals surface area contributed by atoms with Gasteiger partial charge in [0, 0.05) is 6.20 Å². The summed E-state index contributed by atoms with van der Waals surface area (Å²) in [5, 5.41) is 9.03. The molecule has 0 aromatic carbocycles. The van der Waals surface area contributed by atoms with Crippen LogP contribution in [0.25, 0.3) is 0 Å². The first-order valence-corrected chi connectivity index (χ1v) is 5.99. The molecule has 2 heterocycles. The van der Waals surface area contributed by atoms with E-state index in [4.69, 9.17) is 21.3 Å². The van der Waals surface area contributed by atoms with Gasteiger partial charge >= 0.3 is 5.69 Å². The van der Waals surface area contributed by atoms with Crippen molar-refractivity contribution < 1.29 is 9.84 Å². The molecule has 2 atom stereocenters. The Labute approximate surface area is 110 Å². The summed E-state index contributed by atoms with van der Waals surface area (Å²) < 4.78 is 6.89. The minimum absolute atomic E-state index is 0.0620. The van der Waals surface area contributed by atoms with Crippen LogP contribution in [-0.4, -0.2) is 33.9 Å². The van der Waals surface area contributed by atoms with Crippen LogP contribution in [0.4, 0.5) is 5.82 Å². The average Bonchev–Trinajstić information content (AvgIpc) is 2.86. The van der Waals surface area contributed by atoms with Gasteiger partial charge in [0.25, 0.3) is 0 Å². The fraction of sp³-hybridized carbons (Fsp3) is 0.500. The fourth-order valence-corrected chi connectivity index (χ4v) is 1.96. The Kier molecular flexibility index (Phi) is 4.16. The first-order valence-electron chi connectivity index (χ1n) is 5.99. The van der Waals surface area contributed by atoms with Crippen LogP contribution >= 0.6 is 0 Å². The molecule has 1 aromatic heterocycles. The van der Waals surface area contributed by atoms with Crippen molar-refractivity contribution in [1.29, 1.82) is 0 Å². The first kappa shape index (κ1) is 13.5. The van der Waals surface area contributed by atoms with Gasteiger partial charge in [0.1, 0.15) is 12.0 Å². The molecule has 102 valence electrons. The maximum absolute atomic E-state index is 11.8. The minimum atomic E-state index is -0.487. The molecule has 0 radical (unpaired) electrons. The summed E-state index contributed by atoms with van der Waals surface area (Å²) in [5.41, 5.74) is 10.9. The molecule has 0 bridgehead atoms. The molecule has 2 rings (SSSR count). The van der Waals surface area contributed by atoms with Crippen LogP contribution in [0.2, 0.25) is 0 Å². The van der Waals surface area contributed by atoms with Gasteiger partial charge in [0.15, 0.2) is 0 Å². The van der Waals surface area contributed by atoms with E-state index < -0.39 is 11.9 Å². The number of hydrogen-bond donors (Lipinski definition) is 3. The molecule has 0 aliphatic carbocycles. The van der Waals surface area contributed by atoms with Crippen molar-refractivity contribution in [3.05, 3.63) is 22.2 Å². The highest BCUT2D eigenvalue weighted by Gasteiger charge is 2.27. The van der Waals surface area contributed by atoms with E-state index in [-0.39, 0.29) is 25.1 Å². The van der Waals surface area contributed by atoms with Crippen molar-refractivity contribution in [2.75, 3.05) is 18.9 Å². The predicted molar refractivity (Wildman–Crippen MR) is 69.1 cm³/mol. The van der Waals surface area contributed by atoms with E-state index in [0.29, 0.717) is 18.4 Å². The lowest BCUT2D eigenvalue weighted by Gasteiger charge is -2.15. The summed E-state index contributed by atoms with van der Waals surface area (Å²) in [6, 6.07) is 0. The van der Waals surface area contributed by atoms with Gasteiger partial charge in [0.2, 0.25) is 0 Å². The second kappa shape index (κ2) is 5.84. The number of aliphatic hydroxyl groups excluding tert-OH is 1. The van der Waals surface area contributed by atoms with Crippen LogP contribution in [0.3, 0.4) is 0 Å². The van der Waals surface area contributed by atoms with E-state index in [9.17, 15) is 4.79 Å². The maximum atomic E-state index is 11.8. The van der Waals surface area contributed by atoms with Gasteiger partial charge in [-0.15, -0.1) is 0 Å². The van der Waals surface area contributed by atoms with Crippen molar-refractivity contribution in [3.63, 3.8) is 0 Å². The molecule has 5 N–H and O–H groups in total. The highest BCUT2D eigenvalue weighted by Crippen LogP contribution is 2.27. The van der Waals surface area contributed by atoms with Crippen molar-refractivity contribution in [1.82, 2.24) is 9.55 Å². The summed E-state index contributed by atoms with van der Waals surface area (Å²) >= 11 is 0. The molecule has 1 saturated heterocycles. The topological polar surface area (TPSA) is 116 Å². The van der Waals surface area contributed by atoms with Crippen LogP contribution in [0.5, 0.6) is 0 Å². The number of nitrogens with zero attached hydrogens (tertiary/aromatic N) is 2. The molecule has 19 heavy (non-hydrogen) atoms. The van der Waals surface area contributed by atoms with Crippen LogP contribution in [0, 0.1) is 11.8 Å². The first-order chi connectivity index (χ1) is 9.15. The summed E-state index contributed by atoms with van der Waals surface area (Å²) in [7, 11) is 0. The minimum Gasteiger partial charge on any atom is -0.394 e. The van der Waals surface area contributed by atoms with Gasteiger partial charge in [-0.3, -0.25) is 4.57 Å². The SMILES string of the molecule is NCC#Cc1cn(C2CCC(CO)O2)c(=O)nc1N. The van der Waals surface area contributed by atoms with Gasteiger partial charge < -0.3 is 21.3 Å². The van der Waals surface area contributed by atoms with Gasteiger partial charge in [-0.25, -0.2) is 4.79 Å². The Morgan fingerprint density at radius 2 is 2.37 bits per heavy atom. The number of hydrogen-bond acceptors (Lipinski definition) is 6. The Morgan fingerprint density at radius 3 is 3.00 bits per heavy atom. The second-order valence-corrected chi connectivity index (χ2v) is 4.21. The molecule has 0 spiro atoms. The monoisotopic (exact) mass is 264 g/mol. The van der Waals surface area contributed by atoms with Gasteiger partial charge in [0.05, 0.1) is 24.8 Å². The van der Waals surface area contributed by atoms with E-state index in [2.05, 4.69) is 16.8 Å². The van der Waals surface area contributed by atoms with Crippen LogP contribution in [0.15, 0.2) is 11.0 Å². The maximum Gasteiger partial charge on any atom is 0.351 e. The molecule has 1 fully saturated rings. The smallest absolute Gasteiger partial charge is 0.351 e. The molecule has 7 heteroatoms. The molecule has 2 unspecified atom stereocenters. The summed E-state index contributed by atoms with van der Waals surface area (Å²) in [4.78, 5) is 15.5. The van der Waals surface area contributed by atoms with Crippen LogP contribution in [0.1, 0.15) is 24.6 Å². The average molecular weight is 264 g/mol. The van der Waals surface area contributed by atoms with Crippen molar-refractivity contribution in [2.24, 2.45) is 5.73 Å². The number of ether oxygens (including phenoxy) is 1. The van der Waals surface area contributed by atoms with Gasteiger partial charge in [-0.2, -0.15) is 4.98 Å². The van der Waals surface area contributed by atoms with E-state index in [1.54, 1.807) is 0 Å². The lowest BCUT2D eigenvalue weighted by Crippen LogP contribution is -2.28. The third kappa shape index (κ3) is 2.93. The van der Waals surface area contributed by atoms with E-state index in [1.165, 1.54) is 10.8 Å². The molecule has 1 aliphatic rings. The lowest BCUT2D eigenvalue weighted by atomic mass is 10.2. The van der Waals surface area contributed by atoms with Crippen LogP contribution < -0.4 is 17.2 Å². The summed E-state index contributed by atoms with van der Waals surface area (Å²) in [5.74, 6) is 5.51. The molecule has 7 nitrogen and oxygen atoms in total. The highest BCUT2D eigenvalue weighted by atomic mass is 16.5. The summed E-state index contributed by atoms with van der Waals surface area (Å²) in [6.45, 7) is 0.137. The Morgan fingerprint density at radius 1 is 1.58 bits per heavy atom. The predicted octanol–water partition coefficient (Wildman–Crippen LogP) is -1.19. The zero-order valence-electron chi connectivity index (χ0n) is 10.4. The molecule has 0 amide bonds. The third-order valence-electron chi connectivity index (χ3n) is 2.91. The number of nitrogen functional groups attached to an aromatic ring is 1. The Hall–Kier alpha value is -1.88. The Balaban J connectivity index is 2.33. The fourth-order valence-electron chi connectivity index (χ4n) is 1.96. The number of rotatable bonds is 2. The van der Waals surface area contributed by atoms with E-state index in [1.807, 2.05) is 0 Å². The number of anilines is 1. The van der Waals surface area contributed by atoms with E-state index in [0.717, 1.165) is 0 Å². The van der Waals surface area contributed by atoms with E-state index >= 15 is 0 Å². The molecule has 1 aliphatic heterocycles. The normalized spacial score (nSPS) is 22.0.